The van der Waals surface area contributed by atoms with Crippen LogP contribution in [-0.4, -0.2) is 17.3 Å². The highest BCUT2D eigenvalue weighted by Crippen LogP contribution is 2.07. The zero-order valence-electron chi connectivity index (χ0n) is 7.07. The van der Waals surface area contributed by atoms with Gasteiger partial charge >= 0.3 is 0 Å². The zero-order chi connectivity index (χ0) is 9.26. The van der Waals surface area contributed by atoms with Crippen LogP contribution in [0.1, 0.15) is 0 Å². The molecule has 0 saturated heterocycles. The van der Waals surface area contributed by atoms with Crippen LogP contribution in [0.2, 0.25) is 0 Å². The number of aromatic amines is 1. The van der Waals surface area contributed by atoms with E-state index in [9.17, 15) is 4.79 Å². The van der Waals surface area contributed by atoms with Crippen molar-refractivity contribution in [3.63, 3.8) is 0 Å². The molecule has 0 saturated carbocycles. The largest absolute Gasteiger partial charge is 0.477 e. The number of nitrogens with one attached hydrogen (secondary N) is 1. The van der Waals surface area contributed by atoms with E-state index in [1.807, 2.05) is 6.07 Å². The molecule has 1 N–H and O–H groups in total. The molecule has 0 fully saturated rings. The van der Waals surface area contributed by atoms with Crippen molar-refractivity contribution in [2.45, 2.75) is 0 Å². The molecule has 0 aliphatic heterocycles. The summed E-state index contributed by atoms with van der Waals surface area (Å²) in [6, 6.07) is 7.17. The van der Waals surface area contributed by atoms with E-state index in [1.165, 1.54) is 7.11 Å². The number of benzene rings is 1. The third kappa shape index (κ3) is 1.16. The van der Waals surface area contributed by atoms with Crippen LogP contribution in [0.3, 0.4) is 0 Å². The first kappa shape index (κ1) is 7.79. The van der Waals surface area contributed by atoms with Gasteiger partial charge in [0, 0.05) is 0 Å². The fourth-order valence-electron chi connectivity index (χ4n) is 1.19. The van der Waals surface area contributed by atoms with E-state index in [-0.39, 0.29) is 11.3 Å². The van der Waals surface area contributed by atoms with Gasteiger partial charge in [-0.25, -0.2) is 0 Å². The number of hydrogen-bond acceptors (Lipinski definition) is 3. The SMILES string of the molecule is COc1n[nH]c2ccccc2c1=O. The smallest absolute Gasteiger partial charge is 0.280 e. The first-order valence-electron chi connectivity index (χ1n) is 3.84. The molecule has 0 aliphatic carbocycles. The van der Waals surface area contributed by atoms with Gasteiger partial charge in [0.1, 0.15) is 0 Å². The van der Waals surface area contributed by atoms with Crippen molar-refractivity contribution >= 4 is 10.9 Å². The molecule has 4 nitrogen and oxygen atoms in total. The summed E-state index contributed by atoms with van der Waals surface area (Å²) in [5.74, 6) is 0.0960. The number of para-hydroxylation sites is 1. The van der Waals surface area contributed by atoms with E-state index in [0.717, 1.165) is 0 Å². The number of rotatable bonds is 1. The van der Waals surface area contributed by atoms with Crippen molar-refractivity contribution in [3.8, 4) is 5.88 Å². The van der Waals surface area contributed by atoms with Crippen molar-refractivity contribution in [2.75, 3.05) is 7.11 Å². The molecule has 0 unspecified atom stereocenters. The Kier molecular flexibility index (Phi) is 1.73. The molecule has 66 valence electrons. The highest BCUT2D eigenvalue weighted by Gasteiger charge is 2.04. The predicted molar refractivity (Wildman–Crippen MR) is 48.9 cm³/mol. The Labute approximate surface area is 74.2 Å². The molecule has 4 heteroatoms. The molecule has 0 aliphatic rings. The van der Waals surface area contributed by atoms with Gasteiger partial charge in [0.15, 0.2) is 0 Å². The summed E-state index contributed by atoms with van der Waals surface area (Å²) >= 11 is 0. The number of H-pyrrole nitrogens is 1. The summed E-state index contributed by atoms with van der Waals surface area (Å²) in [7, 11) is 1.42. The van der Waals surface area contributed by atoms with E-state index < -0.39 is 0 Å². The number of nitrogens with zero attached hydrogens (tertiary/aromatic N) is 1. The minimum atomic E-state index is -0.183. The minimum absolute atomic E-state index is 0.0960. The first-order valence-corrected chi connectivity index (χ1v) is 3.84. The molecular formula is C9H8N2O2. The van der Waals surface area contributed by atoms with Crippen LogP contribution in [0, 0.1) is 0 Å². The van der Waals surface area contributed by atoms with Gasteiger partial charge in [0.25, 0.3) is 11.3 Å². The summed E-state index contributed by atoms with van der Waals surface area (Å²) in [6.07, 6.45) is 0. The van der Waals surface area contributed by atoms with Crippen LogP contribution >= 0.6 is 0 Å². The molecule has 1 heterocycles. The Morgan fingerprint density at radius 1 is 1.38 bits per heavy atom. The van der Waals surface area contributed by atoms with Gasteiger partial charge in [-0.1, -0.05) is 12.1 Å². The molecule has 0 radical (unpaired) electrons. The maximum absolute atomic E-state index is 11.6. The summed E-state index contributed by atoms with van der Waals surface area (Å²) in [5, 5.41) is 7.09. The molecule has 0 amide bonds. The van der Waals surface area contributed by atoms with Crippen molar-refractivity contribution in [1.29, 1.82) is 0 Å². The molecule has 0 bridgehead atoms. The number of methoxy groups -OCH3 is 1. The second-order valence-corrected chi connectivity index (χ2v) is 2.61. The second-order valence-electron chi connectivity index (χ2n) is 2.61. The average molecular weight is 176 g/mol. The highest BCUT2D eigenvalue weighted by molar-refractivity contribution is 5.78. The number of ether oxygens (including phenoxy) is 1. The summed E-state index contributed by atoms with van der Waals surface area (Å²) in [4.78, 5) is 11.6. The maximum atomic E-state index is 11.6. The molecule has 1 aromatic heterocycles. The van der Waals surface area contributed by atoms with E-state index in [4.69, 9.17) is 4.74 Å². The Balaban J connectivity index is 2.87. The van der Waals surface area contributed by atoms with Gasteiger partial charge in [-0.15, -0.1) is 5.10 Å². The third-order valence-electron chi connectivity index (χ3n) is 1.84. The van der Waals surface area contributed by atoms with E-state index in [0.29, 0.717) is 10.9 Å². The number of aromatic nitrogens is 2. The van der Waals surface area contributed by atoms with E-state index in [2.05, 4.69) is 10.2 Å². The fraction of sp³-hybridized carbons (Fsp3) is 0.111. The Bertz CT molecular complexity index is 490. The number of fused-ring (bicyclic) bond motifs is 1. The topological polar surface area (TPSA) is 55.0 Å². The average Bonchev–Trinajstić information content (AvgIpc) is 2.19. The van der Waals surface area contributed by atoms with Gasteiger partial charge in [-0.3, -0.25) is 9.89 Å². The minimum Gasteiger partial charge on any atom is -0.477 e. The van der Waals surface area contributed by atoms with Crippen molar-refractivity contribution in [1.82, 2.24) is 10.2 Å². The van der Waals surface area contributed by atoms with E-state index in [1.54, 1.807) is 18.2 Å². The molecule has 1 aromatic carbocycles. The first-order chi connectivity index (χ1) is 6.33. The Morgan fingerprint density at radius 3 is 2.92 bits per heavy atom. The lowest BCUT2D eigenvalue weighted by Crippen LogP contribution is -2.09. The van der Waals surface area contributed by atoms with E-state index >= 15 is 0 Å². The molecular weight excluding hydrogens is 168 g/mol. The van der Waals surface area contributed by atoms with Crippen LogP contribution in [0.5, 0.6) is 5.88 Å². The molecule has 13 heavy (non-hydrogen) atoms. The van der Waals surface area contributed by atoms with Crippen LogP contribution < -0.4 is 10.2 Å². The fourth-order valence-corrected chi connectivity index (χ4v) is 1.19. The maximum Gasteiger partial charge on any atom is 0.280 e. The van der Waals surface area contributed by atoms with Crippen LogP contribution in [-0.2, 0) is 0 Å². The number of hydrogen-bond donors (Lipinski definition) is 1. The van der Waals surface area contributed by atoms with Crippen LogP contribution in [0.25, 0.3) is 10.9 Å². The van der Waals surface area contributed by atoms with Crippen LogP contribution in [0.4, 0.5) is 0 Å². The summed E-state index contributed by atoms with van der Waals surface area (Å²) < 4.78 is 4.80. The molecule has 0 atom stereocenters. The van der Waals surface area contributed by atoms with Gasteiger partial charge in [-0.2, -0.15) is 0 Å². The lowest BCUT2D eigenvalue weighted by molar-refractivity contribution is 0.389. The lowest BCUT2D eigenvalue weighted by Gasteiger charge is -1.99. The second kappa shape index (κ2) is 2.90. The molecule has 2 rings (SSSR count). The van der Waals surface area contributed by atoms with Gasteiger partial charge in [0.05, 0.1) is 18.0 Å². The van der Waals surface area contributed by atoms with Crippen LogP contribution in [0.15, 0.2) is 29.1 Å². The summed E-state index contributed by atoms with van der Waals surface area (Å²) in [6.45, 7) is 0. The quantitative estimate of drug-likeness (QED) is 0.703. The lowest BCUT2D eigenvalue weighted by atomic mass is 10.2. The van der Waals surface area contributed by atoms with Crippen molar-refractivity contribution < 1.29 is 4.74 Å². The van der Waals surface area contributed by atoms with Gasteiger partial charge in [-0.05, 0) is 12.1 Å². The summed E-state index contributed by atoms with van der Waals surface area (Å²) in [5.41, 5.74) is 0.533. The molecule has 0 spiro atoms. The normalized spacial score (nSPS) is 10.2. The monoisotopic (exact) mass is 176 g/mol. The third-order valence-corrected chi connectivity index (χ3v) is 1.84. The zero-order valence-corrected chi connectivity index (χ0v) is 7.07. The van der Waals surface area contributed by atoms with Crippen molar-refractivity contribution in [2.24, 2.45) is 0 Å². The predicted octanol–water partition coefficient (Wildman–Crippen LogP) is 0.932. The van der Waals surface area contributed by atoms with Crippen molar-refractivity contribution in [3.05, 3.63) is 34.5 Å². The Hall–Kier alpha value is -1.84. The molecule has 2 aromatic rings. The Morgan fingerprint density at radius 2 is 2.15 bits per heavy atom. The highest BCUT2D eigenvalue weighted by atomic mass is 16.5. The standard InChI is InChI=1S/C9H8N2O2/c1-13-9-8(12)6-4-2-3-5-7(6)10-11-9/h2-5H,1H3,(H,10,12). The van der Waals surface area contributed by atoms with Gasteiger partial charge < -0.3 is 4.74 Å². The van der Waals surface area contributed by atoms with Gasteiger partial charge in [0.2, 0.25) is 0 Å².